The molecule has 0 aliphatic heterocycles. The number of halogens is 4. The third-order valence-electron chi connectivity index (χ3n) is 3.73. The molecule has 0 bridgehead atoms. The zero-order valence-corrected chi connectivity index (χ0v) is 15.2. The van der Waals surface area contributed by atoms with Crippen molar-refractivity contribution in [3.05, 3.63) is 65.0 Å². The normalized spacial score (nSPS) is 11.2. The summed E-state index contributed by atoms with van der Waals surface area (Å²) in [5, 5.41) is 8.12. The van der Waals surface area contributed by atoms with E-state index in [0.717, 1.165) is 12.7 Å². The second-order valence-corrected chi connectivity index (χ2v) is 6.03. The van der Waals surface area contributed by atoms with Gasteiger partial charge in [0.25, 0.3) is 5.92 Å². The van der Waals surface area contributed by atoms with Crippen LogP contribution in [0.2, 0.25) is 5.02 Å². The van der Waals surface area contributed by atoms with E-state index >= 15 is 0 Å². The highest BCUT2D eigenvalue weighted by Gasteiger charge is 2.27. The Bertz CT molecular complexity index is 875. The Morgan fingerprint density at radius 2 is 1.96 bits per heavy atom. The maximum atomic E-state index is 13.7. The first-order chi connectivity index (χ1) is 11.3. The number of rotatable bonds is 4. The first-order valence-corrected chi connectivity index (χ1v) is 7.70. The van der Waals surface area contributed by atoms with Gasteiger partial charge in [-0.2, -0.15) is 10.2 Å². The van der Waals surface area contributed by atoms with E-state index in [1.807, 2.05) is 23.8 Å². The number of imidazole rings is 1. The highest BCUT2D eigenvalue weighted by Crippen LogP contribution is 2.35. The molecule has 2 aromatic heterocycles. The number of hydrogen-bond acceptors (Lipinski definition) is 3. The lowest BCUT2D eigenvalue weighted by atomic mass is 10.0. The molecule has 25 heavy (non-hydrogen) atoms. The van der Waals surface area contributed by atoms with Crippen LogP contribution in [0, 0.1) is 6.92 Å². The van der Waals surface area contributed by atoms with Gasteiger partial charge in [0.1, 0.15) is 5.82 Å². The molecule has 0 atom stereocenters. The van der Waals surface area contributed by atoms with E-state index in [4.69, 9.17) is 11.6 Å². The van der Waals surface area contributed by atoms with Crippen molar-refractivity contribution in [2.24, 2.45) is 0 Å². The lowest BCUT2D eigenvalue weighted by molar-refractivity contribution is 0.0176. The van der Waals surface area contributed by atoms with Crippen LogP contribution < -0.4 is 0 Å². The minimum Gasteiger partial charge on any atom is -0.329 e. The lowest BCUT2D eigenvalue weighted by Gasteiger charge is -2.14. The molecule has 4 nitrogen and oxygen atoms in total. The van der Waals surface area contributed by atoms with Crippen molar-refractivity contribution in [3.63, 3.8) is 0 Å². The molecule has 8 heteroatoms. The van der Waals surface area contributed by atoms with Crippen LogP contribution in [0.25, 0.3) is 11.1 Å². The molecule has 0 amide bonds. The number of nitrogens with zero attached hydrogens (tertiary/aromatic N) is 4. The topological polar surface area (TPSA) is 43.6 Å². The fourth-order valence-electron chi connectivity index (χ4n) is 2.43. The summed E-state index contributed by atoms with van der Waals surface area (Å²) in [7, 11) is 0. The summed E-state index contributed by atoms with van der Waals surface area (Å²) in [5.41, 5.74) is 1.84. The molecular weight excluding hydrogens is 369 g/mol. The van der Waals surface area contributed by atoms with Crippen LogP contribution in [0.1, 0.15) is 24.0 Å². The molecule has 0 unspecified atom stereocenters. The monoisotopic (exact) mass is 384 g/mol. The summed E-state index contributed by atoms with van der Waals surface area (Å²) < 4.78 is 29.3. The van der Waals surface area contributed by atoms with Gasteiger partial charge in [-0.15, -0.1) is 12.4 Å². The van der Waals surface area contributed by atoms with E-state index in [1.54, 1.807) is 18.5 Å². The Morgan fingerprint density at radius 1 is 1.20 bits per heavy atom. The average Bonchev–Trinajstić information content (AvgIpc) is 2.92. The van der Waals surface area contributed by atoms with Crippen molar-refractivity contribution >= 4 is 24.0 Å². The number of benzene rings is 1. The van der Waals surface area contributed by atoms with E-state index in [2.05, 4.69) is 15.2 Å². The van der Waals surface area contributed by atoms with E-state index in [9.17, 15) is 8.78 Å². The van der Waals surface area contributed by atoms with Gasteiger partial charge < -0.3 is 4.57 Å². The molecule has 0 radical (unpaired) electrons. The second-order valence-electron chi connectivity index (χ2n) is 5.62. The minimum absolute atomic E-state index is 0. The first kappa shape index (κ1) is 19.3. The van der Waals surface area contributed by atoms with Gasteiger partial charge in [0.15, 0.2) is 0 Å². The SMILES string of the molecule is Cc1nccn1Cc1cc(-c2ccc(Cl)c(C(C)(F)F)c2)cnn1.Cl. The summed E-state index contributed by atoms with van der Waals surface area (Å²) in [6.45, 7) is 3.24. The zero-order chi connectivity index (χ0) is 17.3. The molecule has 0 saturated heterocycles. The van der Waals surface area contributed by atoms with Gasteiger partial charge in [-0.05, 0) is 30.7 Å². The maximum Gasteiger partial charge on any atom is 0.271 e. The summed E-state index contributed by atoms with van der Waals surface area (Å²) >= 11 is 5.89. The lowest BCUT2D eigenvalue weighted by Crippen LogP contribution is -2.08. The van der Waals surface area contributed by atoms with Gasteiger partial charge in [0.2, 0.25) is 0 Å². The predicted molar refractivity (Wildman–Crippen MR) is 95.4 cm³/mol. The van der Waals surface area contributed by atoms with Gasteiger partial charge in [-0.3, -0.25) is 0 Å². The van der Waals surface area contributed by atoms with Crippen molar-refractivity contribution in [2.45, 2.75) is 26.3 Å². The number of aryl methyl sites for hydroxylation is 1. The Hall–Kier alpha value is -2.05. The van der Waals surface area contributed by atoms with Crippen LogP contribution in [-0.4, -0.2) is 19.7 Å². The molecule has 0 spiro atoms. The minimum atomic E-state index is -3.01. The number of aromatic nitrogens is 4. The highest BCUT2D eigenvalue weighted by atomic mass is 35.5. The summed E-state index contributed by atoms with van der Waals surface area (Å²) in [4.78, 5) is 4.16. The van der Waals surface area contributed by atoms with Crippen molar-refractivity contribution in [2.75, 3.05) is 0 Å². The van der Waals surface area contributed by atoms with Gasteiger partial charge in [-0.1, -0.05) is 17.7 Å². The van der Waals surface area contributed by atoms with Crippen LogP contribution in [0.5, 0.6) is 0 Å². The second kappa shape index (κ2) is 7.45. The molecule has 0 aliphatic rings. The van der Waals surface area contributed by atoms with Crippen molar-refractivity contribution in [1.82, 2.24) is 19.7 Å². The zero-order valence-electron chi connectivity index (χ0n) is 13.6. The predicted octanol–water partition coefficient (Wildman–Crippen LogP) is 4.88. The van der Waals surface area contributed by atoms with E-state index in [1.165, 1.54) is 12.1 Å². The summed E-state index contributed by atoms with van der Waals surface area (Å²) in [5.74, 6) is -2.15. The largest absolute Gasteiger partial charge is 0.329 e. The third kappa shape index (κ3) is 4.32. The standard InChI is InChI=1S/C17H15ClF2N4.ClH/c1-11-21-5-6-24(11)10-14-7-13(9-22-23-14)12-3-4-16(18)15(8-12)17(2,19)20;/h3-9H,10H2,1-2H3;1H. The van der Waals surface area contributed by atoms with Crippen LogP contribution in [0.4, 0.5) is 8.78 Å². The van der Waals surface area contributed by atoms with E-state index in [-0.39, 0.29) is 23.0 Å². The molecule has 0 fully saturated rings. The first-order valence-electron chi connectivity index (χ1n) is 7.32. The molecule has 0 aliphatic carbocycles. The molecular formula is C17H16Cl2F2N4. The fraction of sp³-hybridized carbons (Fsp3) is 0.235. The molecule has 1 aromatic carbocycles. The van der Waals surface area contributed by atoms with Gasteiger partial charge >= 0.3 is 0 Å². The van der Waals surface area contributed by atoms with Crippen LogP contribution >= 0.6 is 24.0 Å². The molecule has 0 N–H and O–H groups in total. The van der Waals surface area contributed by atoms with Gasteiger partial charge in [0.05, 0.1) is 18.4 Å². The van der Waals surface area contributed by atoms with Crippen LogP contribution in [0.3, 0.4) is 0 Å². The van der Waals surface area contributed by atoms with Crippen LogP contribution in [0.15, 0.2) is 42.9 Å². The number of hydrogen-bond donors (Lipinski definition) is 0. The van der Waals surface area contributed by atoms with Crippen molar-refractivity contribution < 1.29 is 8.78 Å². The number of alkyl halides is 2. The Morgan fingerprint density at radius 3 is 2.60 bits per heavy atom. The maximum absolute atomic E-state index is 13.7. The molecule has 132 valence electrons. The Balaban J connectivity index is 0.00000225. The molecule has 2 heterocycles. The van der Waals surface area contributed by atoms with Crippen molar-refractivity contribution in [1.29, 1.82) is 0 Å². The Kier molecular flexibility index (Phi) is 5.75. The van der Waals surface area contributed by atoms with E-state index in [0.29, 0.717) is 23.4 Å². The van der Waals surface area contributed by atoms with Crippen molar-refractivity contribution in [3.8, 4) is 11.1 Å². The summed E-state index contributed by atoms with van der Waals surface area (Å²) in [6.07, 6.45) is 5.11. The third-order valence-corrected chi connectivity index (χ3v) is 4.06. The molecule has 3 aromatic rings. The van der Waals surface area contributed by atoms with Gasteiger partial charge in [-0.25, -0.2) is 13.8 Å². The molecule has 3 rings (SSSR count). The Labute approximate surface area is 155 Å². The summed E-state index contributed by atoms with van der Waals surface area (Å²) in [6, 6.07) is 6.39. The quantitative estimate of drug-likeness (QED) is 0.643. The van der Waals surface area contributed by atoms with E-state index < -0.39 is 5.92 Å². The van der Waals surface area contributed by atoms with Crippen LogP contribution in [-0.2, 0) is 12.5 Å². The molecule has 0 saturated carbocycles. The fourth-order valence-corrected chi connectivity index (χ4v) is 2.72. The van der Waals surface area contributed by atoms with Gasteiger partial charge in [0, 0.05) is 35.5 Å². The smallest absolute Gasteiger partial charge is 0.271 e. The highest BCUT2D eigenvalue weighted by molar-refractivity contribution is 6.31. The average molecular weight is 385 g/mol.